The van der Waals surface area contributed by atoms with Crippen LogP contribution in [0.1, 0.15) is 13.3 Å². The molecule has 2 N–H and O–H groups in total. The van der Waals surface area contributed by atoms with Crippen LogP contribution in [0.4, 0.5) is 0 Å². The van der Waals surface area contributed by atoms with Gasteiger partial charge in [-0.05, 0) is 6.42 Å². The Morgan fingerprint density at radius 1 is 0.789 bits per heavy atom. The van der Waals surface area contributed by atoms with E-state index in [1.54, 1.807) is 6.92 Å². The van der Waals surface area contributed by atoms with Crippen molar-refractivity contribution in [2.24, 2.45) is 0 Å². The van der Waals surface area contributed by atoms with Gasteiger partial charge in [-0.15, -0.1) is 6.58 Å². The number of methoxy groups -OCH3 is 1. The molecular weight excluding hydrogens is 514 g/mol. The molecule has 0 saturated carbocycles. The fourth-order valence-electron chi connectivity index (χ4n) is 2.56. The highest BCUT2D eigenvalue weighted by atomic mass is 16.6. The molecule has 1 aromatic rings. The number of nitrogens with zero attached hydrogens (tertiary/aromatic N) is 3. The molecule has 0 spiro atoms. The Kier molecular flexibility index (Phi) is 13.1. The van der Waals surface area contributed by atoms with E-state index in [2.05, 4.69) is 16.1 Å². The van der Waals surface area contributed by atoms with Crippen LogP contribution in [-0.2, 0) is 57.8 Å². The molecule has 0 aliphatic carbocycles. The summed E-state index contributed by atoms with van der Waals surface area (Å²) in [6, 6.07) is 0. The molecule has 16 heteroatoms. The highest BCUT2D eigenvalue weighted by Gasteiger charge is 2.21. The minimum absolute atomic E-state index is 0.288. The normalized spacial score (nSPS) is 12.4. The van der Waals surface area contributed by atoms with Crippen LogP contribution >= 0.6 is 0 Å². The number of carbonyl (C=O) groups excluding carboxylic acids is 4. The highest BCUT2D eigenvalue weighted by molar-refractivity contribution is 5.91. The van der Waals surface area contributed by atoms with Gasteiger partial charge >= 0.3 is 40.9 Å². The number of aliphatic hydroxyl groups excluding tert-OH is 2. The van der Waals surface area contributed by atoms with Crippen LogP contribution in [0.15, 0.2) is 39.2 Å². The lowest BCUT2D eigenvalue weighted by atomic mass is 10.3. The molecule has 210 valence electrons. The van der Waals surface area contributed by atoms with Crippen molar-refractivity contribution in [2.45, 2.75) is 45.2 Å². The van der Waals surface area contributed by atoms with Gasteiger partial charge < -0.3 is 29.2 Å². The lowest BCUT2D eigenvalue weighted by Gasteiger charge is -2.14. The average Bonchev–Trinajstić information content (AvgIpc) is 2.90. The zero-order valence-corrected chi connectivity index (χ0v) is 20.8. The van der Waals surface area contributed by atoms with Crippen molar-refractivity contribution in [1.82, 2.24) is 13.7 Å². The predicted molar refractivity (Wildman–Crippen MR) is 126 cm³/mol. The predicted octanol–water partition coefficient (Wildman–Crippen LogP) is -3.15. The van der Waals surface area contributed by atoms with Crippen LogP contribution in [-0.4, -0.2) is 86.9 Å². The van der Waals surface area contributed by atoms with Gasteiger partial charge in [-0.2, -0.15) is 0 Å². The van der Waals surface area contributed by atoms with Gasteiger partial charge in [-0.3, -0.25) is 9.59 Å². The SMILES string of the molecule is C=CCn1c(=O)n(CC(=O)OCC(O)CC)c(=O)n(CC(=O)OCC(O)COC(=O)/C=C/C(=O)OC)c1=O. The number of allylic oxidation sites excluding steroid dienone is 1. The largest absolute Gasteiger partial charge is 0.466 e. The third-order valence-electron chi connectivity index (χ3n) is 4.59. The van der Waals surface area contributed by atoms with Gasteiger partial charge in [0.2, 0.25) is 0 Å². The maximum Gasteiger partial charge on any atom is 0.337 e. The smallest absolute Gasteiger partial charge is 0.337 e. The summed E-state index contributed by atoms with van der Waals surface area (Å²) in [6.45, 7) is 1.09. The lowest BCUT2D eigenvalue weighted by Crippen LogP contribution is -2.56. The standard InChI is InChI=1S/C22H29N3O13/c1-4-8-23-20(32)24(9-18(30)37-11-14(26)5-2)22(34)25(21(23)33)10-19(31)38-13-15(27)12-36-17(29)7-6-16(28)35-3/h4,6-7,14-15,26-27H,1,5,8-13H2,2-3H3/b7-6+. The van der Waals surface area contributed by atoms with Crippen LogP contribution in [0.2, 0.25) is 0 Å². The molecule has 1 heterocycles. The van der Waals surface area contributed by atoms with Gasteiger partial charge in [0.05, 0.1) is 19.8 Å². The van der Waals surface area contributed by atoms with Gasteiger partial charge in [0.1, 0.15) is 39.0 Å². The molecule has 1 rings (SSSR count). The Labute approximate surface area is 214 Å². The van der Waals surface area contributed by atoms with E-state index in [4.69, 9.17) is 9.47 Å². The van der Waals surface area contributed by atoms with E-state index in [-0.39, 0.29) is 19.6 Å². The molecule has 0 fully saturated rings. The average molecular weight is 543 g/mol. The molecule has 38 heavy (non-hydrogen) atoms. The van der Waals surface area contributed by atoms with E-state index >= 15 is 0 Å². The number of aliphatic hydroxyl groups is 2. The summed E-state index contributed by atoms with van der Waals surface area (Å²) in [6.07, 6.45) is 0.559. The third kappa shape index (κ3) is 9.98. The lowest BCUT2D eigenvalue weighted by molar-refractivity contribution is -0.151. The quantitative estimate of drug-likeness (QED) is 0.0969. The summed E-state index contributed by atoms with van der Waals surface area (Å²) >= 11 is 0. The van der Waals surface area contributed by atoms with Crippen molar-refractivity contribution < 1.29 is 48.3 Å². The molecule has 2 unspecified atom stereocenters. The van der Waals surface area contributed by atoms with Crippen LogP contribution in [0.3, 0.4) is 0 Å². The molecule has 0 aliphatic heterocycles. The third-order valence-corrected chi connectivity index (χ3v) is 4.59. The summed E-state index contributed by atoms with van der Waals surface area (Å²) in [4.78, 5) is 84.6. The Hall–Kier alpha value is -4.31. The second-order valence-electron chi connectivity index (χ2n) is 7.49. The van der Waals surface area contributed by atoms with Gasteiger partial charge in [0, 0.05) is 12.2 Å². The molecule has 0 saturated heterocycles. The van der Waals surface area contributed by atoms with Crippen molar-refractivity contribution in [3.05, 3.63) is 56.3 Å². The first-order valence-electron chi connectivity index (χ1n) is 11.1. The number of aromatic nitrogens is 3. The number of esters is 4. The summed E-state index contributed by atoms with van der Waals surface area (Å²) in [5.74, 6) is -4.02. The Balaban J connectivity index is 2.94. The molecule has 1 aromatic heterocycles. The molecule has 0 aliphatic rings. The summed E-state index contributed by atoms with van der Waals surface area (Å²) in [7, 11) is 1.10. The number of ether oxygens (including phenoxy) is 4. The van der Waals surface area contributed by atoms with E-state index in [1.165, 1.54) is 6.08 Å². The molecule has 2 atom stereocenters. The molecule has 0 aromatic carbocycles. The van der Waals surface area contributed by atoms with E-state index < -0.39 is 79.5 Å². The molecule has 0 amide bonds. The van der Waals surface area contributed by atoms with Crippen molar-refractivity contribution >= 4 is 23.9 Å². The van der Waals surface area contributed by atoms with Crippen molar-refractivity contribution in [3.8, 4) is 0 Å². The van der Waals surface area contributed by atoms with Crippen LogP contribution in [0, 0.1) is 0 Å². The van der Waals surface area contributed by atoms with Crippen molar-refractivity contribution in [3.63, 3.8) is 0 Å². The van der Waals surface area contributed by atoms with Crippen LogP contribution < -0.4 is 17.1 Å². The maximum atomic E-state index is 12.8. The zero-order valence-electron chi connectivity index (χ0n) is 20.8. The summed E-state index contributed by atoms with van der Waals surface area (Å²) in [5, 5.41) is 19.3. The fraction of sp³-hybridized carbons (Fsp3) is 0.500. The summed E-state index contributed by atoms with van der Waals surface area (Å²) < 4.78 is 19.8. The Morgan fingerprint density at radius 3 is 1.71 bits per heavy atom. The molecule has 16 nitrogen and oxygen atoms in total. The van der Waals surface area contributed by atoms with Gasteiger partial charge in [-0.1, -0.05) is 13.0 Å². The molecular formula is C22H29N3O13. The van der Waals surface area contributed by atoms with Crippen LogP contribution in [0.5, 0.6) is 0 Å². The first-order chi connectivity index (χ1) is 17.9. The molecule has 0 bridgehead atoms. The molecule has 0 radical (unpaired) electrons. The number of hydrogen-bond donors (Lipinski definition) is 2. The van der Waals surface area contributed by atoms with E-state index in [0.29, 0.717) is 13.7 Å². The zero-order chi connectivity index (χ0) is 28.8. The van der Waals surface area contributed by atoms with Gasteiger partial charge in [0.15, 0.2) is 0 Å². The first-order valence-corrected chi connectivity index (χ1v) is 11.1. The monoisotopic (exact) mass is 543 g/mol. The minimum atomic E-state index is -1.49. The van der Waals surface area contributed by atoms with E-state index in [9.17, 15) is 43.8 Å². The minimum Gasteiger partial charge on any atom is -0.466 e. The van der Waals surface area contributed by atoms with E-state index in [1.807, 2.05) is 0 Å². The second-order valence-corrected chi connectivity index (χ2v) is 7.49. The van der Waals surface area contributed by atoms with Crippen LogP contribution in [0.25, 0.3) is 0 Å². The van der Waals surface area contributed by atoms with Gasteiger partial charge in [0.25, 0.3) is 0 Å². The fourth-order valence-corrected chi connectivity index (χ4v) is 2.56. The maximum absolute atomic E-state index is 12.8. The van der Waals surface area contributed by atoms with Crippen molar-refractivity contribution in [2.75, 3.05) is 26.9 Å². The number of carbonyl (C=O) groups is 4. The van der Waals surface area contributed by atoms with Gasteiger partial charge in [-0.25, -0.2) is 37.7 Å². The number of hydrogen-bond acceptors (Lipinski definition) is 13. The second kappa shape index (κ2) is 15.7. The highest BCUT2D eigenvalue weighted by Crippen LogP contribution is 1.94. The Bertz CT molecular complexity index is 1220. The van der Waals surface area contributed by atoms with E-state index in [0.717, 1.165) is 19.3 Å². The topological polar surface area (TPSA) is 212 Å². The Morgan fingerprint density at radius 2 is 1.24 bits per heavy atom. The first kappa shape index (κ1) is 31.7. The number of rotatable bonds is 15. The van der Waals surface area contributed by atoms with Crippen molar-refractivity contribution in [1.29, 1.82) is 0 Å². The summed E-state index contributed by atoms with van der Waals surface area (Å²) in [5.41, 5.74) is -3.65.